The summed E-state index contributed by atoms with van der Waals surface area (Å²) < 4.78 is 1.56. The number of fused-ring (bicyclic) bond motifs is 3. The molecule has 0 saturated heterocycles. The summed E-state index contributed by atoms with van der Waals surface area (Å²) in [7, 11) is 0. The molecule has 0 saturated carbocycles. The number of benzene rings is 1. The van der Waals surface area contributed by atoms with Crippen LogP contribution in [0.15, 0.2) is 34.2 Å². The molecule has 0 radical (unpaired) electrons. The zero-order valence-corrected chi connectivity index (χ0v) is 16.8. The summed E-state index contributed by atoms with van der Waals surface area (Å²) in [6.45, 7) is 3.51. The molecule has 1 aliphatic carbocycles. The lowest BCUT2D eigenvalue weighted by atomic mass is 9.97. The molecule has 1 atom stereocenters. The van der Waals surface area contributed by atoms with Crippen LogP contribution < -0.4 is 10.7 Å². The number of nitrogens with zero attached hydrogens (tertiary/aromatic N) is 2. The summed E-state index contributed by atoms with van der Waals surface area (Å²) in [5.41, 5.74) is 2.75. The maximum absolute atomic E-state index is 13.5. The summed E-state index contributed by atoms with van der Waals surface area (Å²) in [6, 6.07) is 7.63. The molecular weight excluding hydrogens is 380 g/mol. The molecule has 0 bridgehead atoms. The molecule has 3 aromatic rings. The first-order valence-electron chi connectivity index (χ1n) is 8.97. The topological polar surface area (TPSA) is 75.0 Å². The first-order chi connectivity index (χ1) is 13.0. The van der Waals surface area contributed by atoms with Crippen molar-refractivity contribution in [3.63, 3.8) is 0 Å². The van der Waals surface area contributed by atoms with Crippen molar-refractivity contribution >= 4 is 39.3 Å². The summed E-state index contributed by atoms with van der Waals surface area (Å²) in [6.07, 6.45) is 4.11. The predicted octanol–water partition coefficient (Wildman–Crippen LogP) is 2.86. The Balaban J connectivity index is 2.00. The van der Waals surface area contributed by atoms with Crippen molar-refractivity contribution in [2.75, 3.05) is 0 Å². The average molecular weight is 400 g/mol. The molecule has 0 amide bonds. The van der Waals surface area contributed by atoms with Crippen LogP contribution in [-0.4, -0.2) is 20.8 Å². The highest BCUT2D eigenvalue weighted by Gasteiger charge is 2.23. The molecule has 7 heteroatoms. The molecule has 140 valence electrons. The second kappa shape index (κ2) is 7.13. The molecule has 0 N–H and O–H groups in total. The largest absolute Gasteiger partial charge is 0.549 e. The van der Waals surface area contributed by atoms with Crippen LogP contribution in [0.25, 0.3) is 15.9 Å². The Morgan fingerprint density at radius 1 is 1.33 bits per heavy atom. The van der Waals surface area contributed by atoms with Crippen molar-refractivity contribution < 1.29 is 9.90 Å². The Labute approximate surface area is 165 Å². The van der Waals surface area contributed by atoms with E-state index in [2.05, 4.69) is 0 Å². The van der Waals surface area contributed by atoms with Gasteiger partial charge in [0, 0.05) is 10.1 Å². The van der Waals surface area contributed by atoms with Gasteiger partial charge in [-0.3, -0.25) is 9.36 Å². The zero-order chi connectivity index (χ0) is 19.1. The first-order valence-corrected chi connectivity index (χ1v) is 10.7. The number of thiophene rings is 1. The fraction of sp³-hybridized carbons (Fsp3) is 0.350. The molecule has 2 heterocycles. The van der Waals surface area contributed by atoms with Crippen molar-refractivity contribution in [2.45, 2.75) is 49.9 Å². The Morgan fingerprint density at radius 2 is 2.11 bits per heavy atom. The molecule has 0 aliphatic heterocycles. The van der Waals surface area contributed by atoms with Crippen LogP contribution in [0.4, 0.5) is 0 Å². The van der Waals surface area contributed by atoms with E-state index in [0.29, 0.717) is 21.1 Å². The van der Waals surface area contributed by atoms with Crippen LogP contribution in [-0.2, 0) is 17.6 Å². The fourth-order valence-electron chi connectivity index (χ4n) is 3.47. The van der Waals surface area contributed by atoms with Crippen molar-refractivity contribution in [1.82, 2.24) is 9.55 Å². The van der Waals surface area contributed by atoms with E-state index in [4.69, 9.17) is 4.98 Å². The number of hydrogen-bond donors (Lipinski definition) is 0. The number of carbonyl (C=O) groups excluding carboxylic acids is 1. The third kappa shape index (κ3) is 3.30. The Morgan fingerprint density at radius 3 is 2.85 bits per heavy atom. The summed E-state index contributed by atoms with van der Waals surface area (Å²) in [5.74, 6) is -1.17. The van der Waals surface area contributed by atoms with Gasteiger partial charge in [-0.05, 0) is 62.8 Å². The lowest BCUT2D eigenvalue weighted by Crippen LogP contribution is -2.32. The number of thioether (sulfide) groups is 1. The highest BCUT2D eigenvalue weighted by molar-refractivity contribution is 8.00. The number of carboxylic acids is 1. The average Bonchev–Trinajstić information content (AvgIpc) is 3.00. The maximum Gasteiger partial charge on any atom is 0.267 e. The van der Waals surface area contributed by atoms with Crippen molar-refractivity contribution in [2.24, 2.45) is 0 Å². The number of aliphatic carboxylic acids is 1. The molecule has 0 spiro atoms. The Bertz CT molecular complexity index is 1100. The standard InChI is InChI=1S/C20H20N2O3S2/c1-11-6-5-7-13(10-11)22-18(23)16-14-8-3-4-9-15(14)27-17(16)21-20(22)26-12(2)19(24)25/h5-7,10,12H,3-4,8-9H2,1-2H3,(H,24,25)/p-1/t12-/m1/s1. The number of carboxylic acid groups (broad SMARTS) is 1. The predicted molar refractivity (Wildman–Crippen MR) is 107 cm³/mol. The number of hydrogen-bond acceptors (Lipinski definition) is 6. The van der Waals surface area contributed by atoms with Crippen molar-refractivity contribution in [3.8, 4) is 5.69 Å². The van der Waals surface area contributed by atoms with Gasteiger partial charge in [0.15, 0.2) is 5.16 Å². The van der Waals surface area contributed by atoms with Crippen LogP contribution >= 0.6 is 23.1 Å². The Kier molecular flexibility index (Phi) is 4.82. The van der Waals surface area contributed by atoms with Gasteiger partial charge >= 0.3 is 0 Å². The molecule has 0 fully saturated rings. The van der Waals surface area contributed by atoms with Crippen LogP contribution in [0, 0.1) is 6.92 Å². The monoisotopic (exact) mass is 399 g/mol. The summed E-state index contributed by atoms with van der Waals surface area (Å²) in [4.78, 5) is 31.4. The third-order valence-electron chi connectivity index (χ3n) is 4.83. The third-order valence-corrected chi connectivity index (χ3v) is 7.05. The molecular formula is C20H19N2O3S2-. The van der Waals surface area contributed by atoms with E-state index in [1.54, 1.807) is 22.8 Å². The van der Waals surface area contributed by atoms with E-state index < -0.39 is 11.2 Å². The van der Waals surface area contributed by atoms with Gasteiger partial charge in [0.2, 0.25) is 0 Å². The molecule has 27 heavy (non-hydrogen) atoms. The Hall–Kier alpha value is -2.12. The minimum Gasteiger partial charge on any atom is -0.549 e. The minimum absolute atomic E-state index is 0.113. The zero-order valence-electron chi connectivity index (χ0n) is 15.2. The van der Waals surface area contributed by atoms with Gasteiger partial charge in [0.25, 0.3) is 5.56 Å². The number of rotatable bonds is 4. The second-order valence-corrected chi connectivity index (χ2v) is 9.24. The van der Waals surface area contributed by atoms with E-state index in [-0.39, 0.29) is 5.56 Å². The number of aromatic nitrogens is 2. The quantitative estimate of drug-likeness (QED) is 0.498. The van der Waals surface area contributed by atoms with Gasteiger partial charge in [-0.1, -0.05) is 23.9 Å². The molecule has 1 aromatic carbocycles. The van der Waals surface area contributed by atoms with Gasteiger partial charge < -0.3 is 9.90 Å². The SMILES string of the molecule is Cc1cccc(-n2c(S[C@H](C)C(=O)[O-])nc3sc4c(c3c2=O)CCCC4)c1. The van der Waals surface area contributed by atoms with Crippen molar-refractivity contribution in [1.29, 1.82) is 0 Å². The number of carbonyl (C=O) groups is 1. The van der Waals surface area contributed by atoms with Gasteiger partial charge in [-0.2, -0.15) is 0 Å². The summed E-state index contributed by atoms with van der Waals surface area (Å²) in [5, 5.41) is 11.6. The highest BCUT2D eigenvalue weighted by atomic mass is 32.2. The van der Waals surface area contributed by atoms with Gasteiger partial charge in [-0.25, -0.2) is 4.98 Å². The minimum atomic E-state index is -1.17. The normalized spacial score (nSPS) is 14.9. The van der Waals surface area contributed by atoms with Gasteiger partial charge in [0.05, 0.1) is 17.0 Å². The van der Waals surface area contributed by atoms with E-state index in [9.17, 15) is 14.7 Å². The smallest absolute Gasteiger partial charge is 0.267 e. The lowest BCUT2D eigenvalue weighted by molar-refractivity contribution is -0.304. The van der Waals surface area contributed by atoms with Crippen LogP contribution in [0.1, 0.15) is 35.8 Å². The van der Waals surface area contributed by atoms with Crippen LogP contribution in [0.2, 0.25) is 0 Å². The maximum atomic E-state index is 13.5. The summed E-state index contributed by atoms with van der Waals surface area (Å²) >= 11 is 2.62. The van der Waals surface area contributed by atoms with E-state index in [1.165, 1.54) is 4.88 Å². The molecule has 2 aromatic heterocycles. The second-order valence-electron chi connectivity index (χ2n) is 6.84. The van der Waals surface area contributed by atoms with Crippen LogP contribution in [0.3, 0.4) is 0 Å². The van der Waals surface area contributed by atoms with Crippen LogP contribution in [0.5, 0.6) is 0 Å². The molecule has 1 aliphatic rings. The fourth-order valence-corrected chi connectivity index (χ4v) is 5.63. The van der Waals surface area contributed by atoms with E-state index >= 15 is 0 Å². The van der Waals surface area contributed by atoms with Gasteiger partial charge in [0.1, 0.15) is 4.83 Å². The van der Waals surface area contributed by atoms with E-state index in [0.717, 1.165) is 48.6 Å². The van der Waals surface area contributed by atoms with Crippen molar-refractivity contribution in [3.05, 3.63) is 50.6 Å². The van der Waals surface area contributed by atoms with E-state index in [1.807, 2.05) is 31.2 Å². The molecule has 4 rings (SSSR count). The highest BCUT2D eigenvalue weighted by Crippen LogP contribution is 2.35. The molecule has 5 nitrogen and oxygen atoms in total. The molecule has 0 unspecified atom stereocenters. The number of aryl methyl sites for hydroxylation is 3. The lowest BCUT2D eigenvalue weighted by Gasteiger charge is -2.17. The first kappa shape index (κ1) is 18.3. The van der Waals surface area contributed by atoms with Gasteiger partial charge in [-0.15, -0.1) is 11.3 Å².